The molecule has 0 radical (unpaired) electrons. The molecule has 6 heteroatoms. The third-order valence-electron chi connectivity index (χ3n) is 3.11. The SMILES string of the molecule is Cc1nn(CC(N)=O)c(C)c1-c1ccc(C(=O)O)cc1. The lowest BCUT2D eigenvalue weighted by atomic mass is 10.0. The number of carboxylic acid groups (broad SMARTS) is 1. The molecule has 0 saturated carbocycles. The van der Waals surface area contributed by atoms with Crippen LogP contribution >= 0.6 is 0 Å². The molecule has 6 nitrogen and oxygen atoms in total. The van der Waals surface area contributed by atoms with Gasteiger partial charge in [0.2, 0.25) is 5.91 Å². The largest absolute Gasteiger partial charge is 0.478 e. The Morgan fingerprint density at radius 2 is 1.85 bits per heavy atom. The third-order valence-corrected chi connectivity index (χ3v) is 3.11. The van der Waals surface area contributed by atoms with E-state index in [1.807, 2.05) is 13.8 Å². The van der Waals surface area contributed by atoms with E-state index in [9.17, 15) is 9.59 Å². The zero-order chi connectivity index (χ0) is 14.9. The highest BCUT2D eigenvalue weighted by Crippen LogP contribution is 2.27. The van der Waals surface area contributed by atoms with E-state index in [2.05, 4.69) is 5.10 Å². The zero-order valence-corrected chi connectivity index (χ0v) is 11.3. The fraction of sp³-hybridized carbons (Fsp3) is 0.214. The topological polar surface area (TPSA) is 98.2 Å². The van der Waals surface area contributed by atoms with Crippen LogP contribution in [0.4, 0.5) is 0 Å². The van der Waals surface area contributed by atoms with Crippen LogP contribution in [0, 0.1) is 13.8 Å². The molecule has 0 spiro atoms. The van der Waals surface area contributed by atoms with Crippen molar-refractivity contribution < 1.29 is 14.7 Å². The highest BCUT2D eigenvalue weighted by Gasteiger charge is 2.14. The number of amides is 1. The van der Waals surface area contributed by atoms with Crippen molar-refractivity contribution >= 4 is 11.9 Å². The maximum atomic E-state index is 11.0. The van der Waals surface area contributed by atoms with Gasteiger partial charge in [-0.15, -0.1) is 0 Å². The van der Waals surface area contributed by atoms with Crippen molar-refractivity contribution in [2.45, 2.75) is 20.4 Å². The first-order valence-electron chi connectivity index (χ1n) is 6.06. The minimum Gasteiger partial charge on any atom is -0.478 e. The smallest absolute Gasteiger partial charge is 0.335 e. The third kappa shape index (κ3) is 2.54. The number of carbonyl (C=O) groups is 2. The number of carboxylic acids is 1. The van der Waals surface area contributed by atoms with Crippen molar-refractivity contribution in [3.8, 4) is 11.1 Å². The number of nitrogens with zero attached hydrogens (tertiary/aromatic N) is 2. The molecule has 0 aliphatic rings. The molecule has 0 aliphatic carbocycles. The number of primary amides is 1. The van der Waals surface area contributed by atoms with Gasteiger partial charge in [0.25, 0.3) is 0 Å². The van der Waals surface area contributed by atoms with Gasteiger partial charge in [0.15, 0.2) is 0 Å². The predicted molar refractivity (Wildman–Crippen MR) is 73.3 cm³/mol. The Hall–Kier alpha value is -2.63. The molecule has 2 aromatic rings. The van der Waals surface area contributed by atoms with Gasteiger partial charge in [-0.05, 0) is 31.5 Å². The number of hydrogen-bond acceptors (Lipinski definition) is 3. The Morgan fingerprint density at radius 3 is 2.35 bits per heavy atom. The van der Waals surface area contributed by atoms with Crippen molar-refractivity contribution in [3.63, 3.8) is 0 Å². The molecular weight excluding hydrogens is 258 g/mol. The summed E-state index contributed by atoms with van der Waals surface area (Å²) in [4.78, 5) is 21.8. The van der Waals surface area contributed by atoms with E-state index < -0.39 is 11.9 Å². The molecule has 104 valence electrons. The first kappa shape index (κ1) is 13.8. The lowest BCUT2D eigenvalue weighted by Crippen LogP contribution is -2.20. The quantitative estimate of drug-likeness (QED) is 0.878. The molecule has 3 N–H and O–H groups in total. The predicted octanol–water partition coefficient (Wildman–Crippen LogP) is 1.35. The summed E-state index contributed by atoms with van der Waals surface area (Å²) in [5, 5.41) is 13.2. The highest BCUT2D eigenvalue weighted by molar-refractivity contribution is 5.88. The van der Waals surface area contributed by atoms with Crippen molar-refractivity contribution in [2.75, 3.05) is 0 Å². The number of hydrogen-bond donors (Lipinski definition) is 2. The molecule has 0 fully saturated rings. The average Bonchev–Trinajstić information content (AvgIpc) is 2.64. The number of aromatic nitrogens is 2. The van der Waals surface area contributed by atoms with E-state index in [1.54, 1.807) is 28.9 Å². The molecule has 0 unspecified atom stereocenters. The van der Waals surface area contributed by atoms with Gasteiger partial charge < -0.3 is 10.8 Å². The summed E-state index contributed by atoms with van der Waals surface area (Å²) < 4.78 is 1.55. The van der Waals surface area contributed by atoms with Crippen LogP contribution in [0.5, 0.6) is 0 Å². The van der Waals surface area contributed by atoms with Gasteiger partial charge in [-0.25, -0.2) is 4.79 Å². The second-order valence-electron chi connectivity index (χ2n) is 4.55. The molecule has 1 amide bonds. The van der Waals surface area contributed by atoms with E-state index in [0.717, 1.165) is 22.5 Å². The van der Waals surface area contributed by atoms with Crippen molar-refractivity contribution in [1.82, 2.24) is 9.78 Å². The Morgan fingerprint density at radius 1 is 1.25 bits per heavy atom. The van der Waals surface area contributed by atoms with Gasteiger partial charge in [-0.2, -0.15) is 5.10 Å². The van der Waals surface area contributed by atoms with Gasteiger partial charge in [0, 0.05) is 11.3 Å². The monoisotopic (exact) mass is 273 g/mol. The Balaban J connectivity index is 2.44. The summed E-state index contributed by atoms with van der Waals surface area (Å²) in [7, 11) is 0. The van der Waals surface area contributed by atoms with E-state index >= 15 is 0 Å². The Labute approximate surface area is 115 Å². The van der Waals surface area contributed by atoms with Crippen LogP contribution in [0.3, 0.4) is 0 Å². The van der Waals surface area contributed by atoms with Crippen molar-refractivity contribution in [3.05, 3.63) is 41.2 Å². The lowest BCUT2D eigenvalue weighted by Gasteiger charge is -2.04. The number of aryl methyl sites for hydroxylation is 1. The maximum Gasteiger partial charge on any atom is 0.335 e. The summed E-state index contributed by atoms with van der Waals surface area (Å²) in [5.41, 5.74) is 8.76. The molecular formula is C14H15N3O3. The van der Waals surface area contributed by atoms with Crippen LogP contribution in [0.15, 0.2) is 24.3 Å². The van der Waals surface area contributed by atoms with Gasteiger partial charge in [-0.1, -0.05) is 12.1 Å². The van der Waals surface area contributed by atoms with Crippen LogP contribution in [0.1, 0.15) is 21.7 Å². The van der Waals surface area contributed by atoms with E-state index in [0.29, 0.717) is 0 Å². The van der Waals surface area contributed by atoms with Crippen molar-refractivity contribution in [2.24, 2.45) is 5.73 Å². The van der Waals surface area contributed by atoms with E-state index in [-0.39, 0.29) is 12.1 Å². The second kappa shape index (κ2) is 5.16. The van der Waals surface area contributed by atoms with Crippen LogP contribution < -0.4 is 5.73 Å². The second-order valence-corrected chi connectivity index (χ2v) is 4.55. The average molecular weight is 273 g/mol. The van der Waals surface area contributed by atoms with Crippen LogP contribution in [0.25, 0.3) is 11.1 Å². The minimum atomic E-state index is -0.964. The highest BCUT2D eigenvalue weighted by atomic mass is 16.4. The first-order valence-corrected chi connectivity index (χ1v) is 6.06. The molecule has 1 heterocycles. The number of rotatable bonds is 4. The standard InChI is InChI=1S/C14H15N3O3/c1-8-13(9(2)17(16-8)7-12(15)18)10-3-5-11(6-4-10)14(19)20/h3-6H,7H2,1-2H3,(H2,15,18)(H,19,20). The first-order chi connectivity index (χ1) is 9.40. The fourth-order valence-electron chi connectivity index (χ4n) is 2.20. The van der Waals surface area contributed by atoms with Crippen molar-refractivity contribution in [1.29, 1.82) is 0 Å². The zero-order valence-electron chi connectivity index (χ0n) is 11.3. The van der Waals surface area contributed by atoms with Gasteiger partial charge in [-0.3, -0.25) is 9.48 Å². The fourth-order valence-corrected chi connectivity index (χ4v) is 2.20. The van der Waals surface area contributed by atoms with Crippen LogP contribution in [-0.2, 0) is 11.3 Å². The summed E-state index contributed by atoms with van der Waals surface area (Å²) in [6.07, 6.45) is 0. The molecule has 2 rings (SSSR count). The molecule has 1 aromatic heterocycles. The number of nitrogens with two attached hydrogens (primary N) is 1. The number of aromatic carboxylic acids is 1. The number of benzene rings is 1. The summed E-state index contributed by atoms with van der Waals surface area (Å²) >= 11 is 0. The minimum absolute atomic E-state index is 0.0277. The van der Waals surface area contributed by atoms with E-state index in [4.69, 9.17) is 10.8 Å². The van der Waals surface area contributed by atoms with Crippen LogP contribution in [0.2, 0.25) is 0 Å². The summed E-state index contributed by atoms with van der Waals surface area (Å²) in [6, 6.07) is 6.55. The van der Waals surface area contributed by atoms with Crippen LogP contribution in [-0.4, -0.2) is 26.8 Å². The molecule has 0 aliphatic heterocycles. The summed E-state index contributed by atoms with van der Waals surface area (Å²) in [6.45, 7) is 3.72. The molecule has 1 aromatic carbocycles. The number of carbonyl (C=O) groups excluding carboxylic acids is 1. The molecule has 20 heavy (non-hydrogen) atoms. The lowest BCUT2D eigenvalue weighted by molar-refractivity contribution is -0.118. The Kier molecular flexibility index (Phi) is 3.56. The summed E-state index contributed by atoms with van der Waals surface area (Å²) in [5.74, 6) is -1.42. The van der Waals surface area contributed by atoms with E-state index in [1.165, 1.54) is 0 Å². The Bertz CT molecular complexity index is 672. The maximum absolute atomic E-state index is 11.0. The normalized spacial score (nSPS) is 10.5. The molecule has 0 saturated heterocycles. The van der Waals surface area contributed by atoms with Gasteiger partial charge >= 0.3 is 5.97 Å². The molecule has 0 atom stereocenters. The van der Waals surface area contributed by atoms with Gasteiger partial charge in [0.05, 0.1) is 11.3 Å². The molecule has 0 bridgehead atoms. The van der Waals surface area contributed by atoms with Gasteiger partial charge in [0.1, 0.15) is 6.54 Å².